The highest BCUT2D eigenvalue weighted by Crippen LogP contribution is 2.52. The van der Waals surface area contributed by atoms with E-state index in [-0.39, 0.29) is 35.5 Å². The summed E-state index contributed by atoms with van der Waals surface area (Å²) in [5, 5.41) is 10.5. The number of carbonyl (C=O) groups excluding carboxylic acids is 2. The number of aliphatic imine (C=N–C) groups is 1. The molecule has 1 saturated carbocycles. The number of guanidine groups is 1. The first-order chi connectivity index (χ1) is 14.5. The lowest BCUT2D eigenvalue weighted by Crippen LogP contribution is -2.38. The molecule has 0 radical (unpaired) electrons. The SMILES string of the molecule is CCNC(=NCCCN1C(=O)C2C3C=CC(C3)C2C1=O)NCCc1c(C)noc1C. The van der Waals surface area contributed by atoms with Gasteiger partial charge in [0.15, 0.2) is 5.96 Å². The van der Waals surface area contributed by atoms with Crippen LogP contribution in [0.2, 0.25) is 0 Å². The molecule has 162 valence electrons. The minimum Gasteiger partial charge on any atom is -0.361 e. The van der Waals surface area contributed by atoms with E-state index in [9.17, 15) is 9.59 Å². The number of hydrogen-bond acceptors (Lipinski definition) is 5. The molecule has 1 saturated heterocycles. The summed E-state index contributed by atoms with van der Waals surface area (Å²) >= 11 is 0. The van der Waals surface area contributed by atoms with Crippen LogP contribution >= 0.6 is 0 Å². The second kappa shape index (κ2) is 8.62. The molecule has 0 spiro atoms. The van der Waals surface area contributed by atoms with E-state index in [1.165, 1.54) is 4.90 Å². The van der Waals surface area contributed by atoms with Gasteiger partial charge < -0.3 is 15.2 Å². The molecule has 1 aliphatic heterocycles. The number of aromatic nitrogens is 1. The van der Waals surface area contributed by atoms with Gasteiger partial charge in [-0.2, -0.15) is 0 Å². The molecule has 2 amide bonds. The predicted octanol–water partition coefficient (Wildman–Crippen LogP) is 1.59. The minimum atomic E-state index is -0.112. The van der Waals surface area contributed by atoms with Crippen LogP contribution in [0.25, 0.3) is 0 Å². The molecule has 2 fully saturated rings. The molecule has 30 heavy (non-hydrogen) atoms. The van der Waals surface area contributed by atoms with Gasteiger partial charge in [0, 0.05) is 31.7 Å². The first-order valence-electron chi connectivity index (χ1n) is 11.0. The molecule has 1 aromatic rings. The highest BCUT2D eigenvalue weighted by atomic mass is 16.5. The second-order valence-corrected chi connectivity index (χ2v) is 8.42. The number of likely N-dealkylation sites (tertiary alicyclic amines) is 1. The number of rotatable bonds is 8. The van der Waals surface area contributed by atoms with Gasteiger partial charge >= 0.3 is 0 Å². The zero-order valence-electron chi connectivity index (χ0n) is 18.0. The van der Waals surface area contributed by atoms with Crippen molar-refractivity contribution in [3.8, 4) is 0 Å². The Morgan fingerprint density at radius 2 is 1.90 bits per heavy atom. The summed E-state index contributed by atoms with van der Waals surface area (Å²) < 4.78 is 5.20. The predicted molar refractivity (Wildman–Crippen MR) is 113 cm³/mol. The number of amides is 2. The van der Waals surface area contributed by atoms with Crippen LogP contribution in [-0.4, -0.2) is 54.0 Å². The zero-order chi connectivity index (χ0) is 21.3. The maximum absolute atomic E-state index is 12.7. The molecule has 1 aromatic heterocycles. The van der Waals surface area contributed by atoms with Gasteiger partial charge in [0.2, 0.25) is 11.8 Å². The summed E-state index contributed by atoms with van der Waals surface area (Å²) in [6.45, 7) is 8.38. The van der Waals surface area contributed by atoms with Gasteiger partial charge in [-0.3, -0.25) is 19.5 Å². The molecular weight excluding hydrogens is 382 g/mol. The first kappa shape index (κ1) is 20.6. The van der Waals surface area contributed by atoms with Crippen molar-refractivity contribution in [1.29, 1.82) is 0 Å². The smallest absolute Gasteiger partial charge is 0.233 e. The molecule has 3 aliphatic rings. The van der Waals surface area contributed by atoms with E-state index in [1.54, 1.807) is 0 Å². The van der Waals surface area contributed by atoms with Gasteiger partial charge in [-0.15, -0.1) is 0 Å². The van der Waals surface area contributed by atoms with Crippen molar-refractivity contribution in [3.05, 3.63) is 29.2 Å². The third kappa shape index (κ3) is 3.75. The maximum atomic E-state index is 12.7. The average Bonchev–Trinajstić information content (AvgIpc) is 3.47. The van der Waals surface area contributed by atoms with E-state index in [4.69, 9.17) is 4.52 Å². The van der Waals surface area contributed by atoms with Crippen molar-refractivity contribution in [2.24, 2.45) is 28.7 Å². The van der Waals surface area contributed by atoms with E-state index in [0.717, 1.165) is 48.9 Å². The van der Waals surface area contributed by atoms with Crippen LogP contribution in [0, 0.1) is 37.5 Å². The Morgan fingerprint density at radius 1 is 1.20 bits per heavy atom. The number of hydrogen-bond donors (Lipinski definition) is 2. The Hall–Kier alpha value is -2.64. The fraction of sp³-hybridized carbons (Fsp3) is 0.636. The van der Waals surface area contributed by atoms with Crippen LogP contribution in [0.1, 0.15) is 36.8 Å². The van der Waals surface area contributed by atoms with Gasteiger partial charge in [-0.25, -0.2) is 0 Å². The van der Waals surface area contributed by atoms with Gasteiger partial charge in [0.25, 0.3) is 0 Å². The zero-order valence-corrected chi connectivity index (χ0v) is 18.0. The summed E-state index contributed by atoms with van der Waals surface area (Å²) in [5.41, 5.74) is 2.04. The Balaban J connectivity index is 1.25. The van der Waals surface area contributed by atoms with Crippen LogP contribution in [0.5, 0.6) is 0 Å². The molecule has 4 atom stereocenters. The maximum Gasteiger partial charge on any atom is 0.233 e. The quantitative estimate of drug-likeness (QED) is 0.221. The molecule has 8 nitrogen and oxygen atoms in total. The topological polar surface area (TPSA) is 99.8 Å². The monoisotopic (exact) mass is 413 g/mol. The van der Waals surface area contributed by atoms with Gasteiger partial charge in [-0.1, -0.05) is 17.3 Å². The summed E-state index contributed by atoms with van der Waals surface area (Å²) in [7, 11) is 0. The molecule has 2 N–H and O–H groups in total. The molecule has 2 heterocycles. The molecule has 4 unspecified atom stereocenters. The van der Waals surface area contributed by atoms with E-state index >= 15 is 0 Å². The largest absolute Gasteiger partial charge is 0.361 e. The van der Waals surface area contributed by atoms with Crippen molar-refractivity contribution < 1.29 is 14.1 Å². The van der Waals surface area contributed by atoms with Crippen molar-refractivity contribution in [2.75, 3.05) is 26.2 Å². The first-order valence-corrected chi connectivity index (χ1v) is 11.0. The fourth-order valence-corrected chi connectivity index (χ4v) is 5.11. The minimum absolute atomic E-state index is 0.0234. The highest BCUT2D eigenvalue weighted by Gasteiger charge is 2.58. The Morgan fingerprint density at radius 3 is 2.50 bits per heavy atom. The van der Waals surface area contributed by atoms with Crippen LogP contribution < -0.4 is 10.6 Å². The van der Waals surface area contributed by atoms with Gasteiger partial charge in [-0.05, 0) is 51.9 Å². The van der Waals surface area contributed by atoms with Gasteiger partial charge in [0.1, 0.15) is 5.76 Å². The number of allylic oxidation sites excluding steroid dienone is 2. The average molecular weight is 414 g/mol. The van der Waals surface area contributed by atoms with E-state index < -0.39 is 0 Å². The molecular formula is C22H31N5O3. The molecule has 2 aliphatic carbocycles. The third-order valence-corrected chi connectivity index (χ3v) is 6.56. The highest BCUT2D eigenvalue weighted by molar-refractivity contribution is 6.06. The normalized spacial score (nSPS) is 27.3. The standard InChI is InChI=1S/C22H31N5O3/c1-4-23-22(25-10-8-17-13(2)26-30-14(17)3)24-9-5-11-27-20(28)18-15-6-7-16(12-15)19(18)21(27)29/h6-7,15-16,18-19H,4-5,8-12H2,1-3H3,(H2,23,24,25). The summed E-state index contributed by atoms with van der Waals surface area (Å²) in [4.78, 5) is 31.5. The summed E-state index contributed by atoms with van der Waals surface area (Å²) in [6, 6.07) is 0. The Labute approximate surface area is 177 Å². The van der Waals surface area contributed by atoms with Crippen LogP contribution in [0.3, 0.4) is 0 Å². The van der Waals surface area contributed by atoms with Crippen molar-refractivity contribution in [2.45, 2.75) is 40.0 Å². The number of carbonyl (C=O) groups is 2. The van der Waals surface area contributed by atoms with Crippen LogP contribution in [0.4, 0.5) is 0 Å². The number of aryl methyl sites for hydroxylation is 2. The van der Waals surface area contributed by atoms with E-state index in [0.29, 0.717) is 19.5 Å². The van der Waals surface area contributed by atoms with Gasteiger partial charge in [0.05, 0.1) is 17.5 Å². The summed E-state index contributed by atoms with van der Waals surface area (Å²) in [5.74, 6) is 1.94. The number of imide groups is 1. The van der Waals surface area contributed by atoms with E-state index in [2.05, 4.69) is 32.9 Å². The molecule has 4 rings (SSSR count). The fourth-order valence-electron chi connectivity index (χ4n) is 5.11. The lowest BCUT2D eigenvalue weighted by molar-refractivity contribution is -0.140. The number of nitrogens with zero attached hydrogens (tertiary/aromatic N) is 3. The lowest BCUT2D eigenvalue weighted by Gasteiger charge is -2.17. The number of nitrogens with one attached hydrogen (secondary N) is 2. The molecule has 2 bridgehead atoms. The Kier molecular flexibility index (Phi) is 5.92. The third-order valence-electron chi connectivity index (χ3n) is 6.56. The molecule has 8 heteroatoms. The summed E-state index contributed by atoms with van der Waals surface area (Å²) in [6.07, 6.45) is 6.70. The Bertz CT molecular complexity index is 825. The van der Waals surface area contributed by atoms with Crippen molar-refractivity contribution in [3.63, 3.8) is 0 Å². The number of fused-ring (bicyclic) bond motifs is 5. The van der Waals surface area contributed by atoms with Crippen LogP contribution in [-0.2, 0) is 16.0 Å². The van der Waals surface area contributed by atoms with Crippen molar-refractivity contribution >= 4 is 17.8 Å². The van der Waals surface area contributed by atoms with Crippen LogP contribution in [0.15, 0.2) is 21.7 Å². The second-order valence-electron chi connectivity index (χ2n) is 8.42. The molecule has 0 aromatic carbocycles. The lowest BCUT2D eigenvalue weighted by atomic mass is 9.85. The van der Waals surface area contributed by atoms with Crippen molar-refractivity contribution in [1.82, 2.24) is 20.7 Å². The van der Waals surface area contributed by atoms with E-state index in [1.807, 2.05) is 20.8 Å².